The lowest BCUT2D eigenvalue weighted by molar-refractivity contribution is 0.0934. The number of rotatable bonds is 5. The van der Waals surface area contributed by atoms with Gasteiger partial charge in [0.2, 0.25) is 0 Å². The highest BCUT2D eigenvalue weighted by molar-refractivity contribution is 5.94. The third kappa shape index (κ3) is 3.90. The van der Waals surface area contributed by atoms with E-state index in [0.717, 1.165) is 24.1 Å². The molecule has 154 valence electrons. The molecule has 0 bridgehead atoms. The summed E-state index contributed by atoms with van der Waals surface area (Å²) in [7, 11) is 0. The summed E-state index contributed by atoms with van der Waals surface area (Å²) in [5, 5.41) is 15.7. The Morgan fingerprint density at radius 1 is 0.935 bits per heavy atom. The van der Waals surface area contributed by atoms with Crippen LogP contribution in [0.2, 0.25) is 0 Å². The average Bonchev–Trinajstić information content (AvgIpc) is 3.27. The molecule has 3 aromatic carbocycles. The van der Waals surface area contributed by atoms with Crippen LogP contribution in [0.5, 0.6) is 0 Å². The van der Waals surface area contributed by atoms with Crippen molar-refractivity contribution < 1.29 is 4.79 Å². The van der Waals surface area contributed by atoms with Gasteiger partial charge < -0.3 is 5.32 Å². The molecule has 2 heterocycles. The van der Waals surface area contributed by atoms with Crippen LogP contribution in [0.1, 0.15) is 27.9 Å². The van der Waals surface area contributed by atoms with Gasteiger partial charge in [0.15, 0.2) is 0 Å². The van der Waals surface area contributed by atoms with Crippen LogP contribution in [0.15, 0.2) is 84.9 Å². The highest BCUT2D eigenvalue weighted by Gasteiger charge is 2.32. The quantitative estimate of drug-likeness (QED) is 0.544. The lowest BCUT2D eigenvalue weighted by atomic mass is 9.99. The lowest BCUT2D eigenvalue weighted by Crippen LogP contribution is -2.49. The molecule has 1 aliphatic heterocycles. The Kier molecular flexibility index (Phi) is 5.14. The molecule has 1 N–H and O–H groups in total. The molecule has 1 aliphatic rings. The van der Waals surface area contributed by atoms with E-state index in [9.17, 15) is 4.79 Å². The van der Waals surface area contributed by atoms with Gasteiger partial charge in [-0.2, -0.15) is 0 Å². The average molecular weight is 410 g/mol. The maximum Gasteiger partial charge on any atom is 0.252 e. The van der Waals surface area contributed by atoms with Crippen molar-refractivity contribution in [1.29, 1.82) is 0 Å². The van der Waals surface area contributed by atoms with Crippen molar-refractivity contribution >= 4 is 17.5 Å². The number of hydrogen-bond donors (Lipinski definition) is 1. The van der Waals surface area contributed by atoms with E-state index in [0.29, 0.717) is 18.1 Å². The van der Waals surface area contributed by atoms with Gasteiger partial charge >= 0.3 is 0 Å². The molecule has 0 aliphatic carbocycles. The zero-order chi connectivity index (χ0) is 21.0. The van der Waals surface area contributed by atoms with E-state index in [4.69, 9.17) is 0 Å². The molecule has 1 unspecified atom stereocenters. The molecule has 0 saturated carbocycles. The predicted molar refractivity (Wildman–Crippen MR) is 118 cm³/mol. The molecule has 0 spiro atoms. The van der Waals surface area contributed by atoms with Crippen molar-refractivity contribution in [3.05, 3.63) is 102 Å². The van der Waals surface area contributed by atoms with Crippen molar-refractivity contribution in [2.24, 2.45) is 0 Å². The first-order valence-corrected chi connectivity index (χ1v) is 10.3. The van der Waals surface area contributed by atoms with Crippen LogP contribution in [0.4, 0.5) is 11.6 Å². The minimum absolute atomic E-state index is 0.114. The Balaban J connectivity index is 1.50. The van der Waals surface area contributed by atoms with Gasteiger partial charge in [-0.05, 0) is 52.6 Å². The largest absolute Gasteiger partial charge is 0.331 e. The number of anilines is 2. The van der Waals surface area contributed by atoms with Gasteiger partial charge in [-0.25, -0.2) is 4.68 Å². The fourth-order valence-electron chi connectivity index (χ4n) is 3.99. The number of carbonyl (C=O) groups is 1. The van der Waals surface area contributed by atoms with Gasteiger partial charge in [-0.15, -0.1) is 0 Å². The molecular weight excluding hydrogens is 388 g/mol. The van der Waals surface area contributed by atoms with Crippen molar-refractivity contribution in [2.75, 3.05) is 4.90 Å². The predicted octanol–water partition coefficient (Wildman–Crippen LogP) is 3.56. The molecule has 4 aromatic rings. The number of fused-ring (bicyclic) bond motifs is 1. The number of aryl methyl sites for hydroxylation is 1. The zero-order valence-corrected chi connectivity index (χ0v) is 16.9. The first kappa shape index (κ1) is 19.0. The molecule has 7 heteroatoms. The van der Waals surface area contributed by atoms with E-state index >= 15 is 0 Å². The Hall–Kier alpha value is -4.00. The van der Waals surface area contributed by atoms with Crippen molar-refractivity contribution in [1.82, 2.24) is 25.5 Å². The zero-order valence-electron chi connectivity index (χ0n) is 16.9. The molecule has 5 rings (SSSR count). The Bertz CT molecular complexity index is 1170. The summed E-state index contributed by atoms with van der Waals surface area (Å²) in [6, 6.07) is 27.5. The molecule has 1 atom stereocenters. The first-order valence-electron chi connectivity index (χ1n) is 10.3. The molecule has 1 aromatic heterocycles. The minimum atomic E-state index is -0.261. The summed E-state index contributed by atoms with van der Waals surface area (Å²) in [5.74, 6) is 0.492. The number of benzene rings is 3. The van der Waals surface area contributed by atoms with Gasteiger partial charge in [0.05, 0.1) is 6.54 Å². The van der Waals surface area contributed by atoms with Crippen molar-refractivity contribution in [2.45, 2.75) is 25.6 Å². The standard InChI is InChI=1S/C24H22N6O/c31-23(20-12-5-2-6-13-20)25-22-16-15-19-11-7-8-14-21(19)30(22)24-26-27-28-29(24)17-18-9-3-1-4-10-18/h1-14,22H,15-17H2,(H,25,31). The summed E-state index contributed by atoms with van der Waals surface area (Å²) in [6.45, 7) is 0.543. The molecule has 1 amide bonds. The van der Waals surface area contributed by atoms with Crippen LogP contribution in [-0.2, 0) is 13.0 Å². The summed E-state index contributed by atoms with van der Waals surface area (Å²) in [6.07, 6.45) is 1.36. The Morgan fingerprint density at radius 2 is 1.65 bits per heavy atom. The van der Waals surface area contributed by atoms with Crippen LogP contribution in [0.25, 0.3) is 0 Å². The van der Waals surface area contributed by atoms with Crippen LogP contribution < -0.4 is 10.2 Å². The third-order valence-electron chi connectivity index (χ3n) is 5.49. The van der Waals surface area contributed by atoms with Gasteiger partial charge in [0, 0.05) is 11.3 Å². The van der Waals surface area contributed by atoms with E-state index in [2.05, 4.69) is 33.0 Å². The number of hydrogen-bond acceptors (Lipinski definition) is 5. The number of nitrogens with zero attached hydrogens (tertiary/aromatic N) is 5. The van der Waals surface area contributed by atoms with E-state index in [1.54, 1.807) is 4.68 Å². The van der Waals surface area contributed by atoms with E-state index in [1.807, 2.05) is 77.7 Å². The molecule has 31 heavy (non-hydrogen) atoms. The fourth-order valence-corrected chi connectivity index (χ4v) is 3.99. The van der Waals surface area contributed by atoms with E-state index in [-0.39, 0.29) is 12.1 Å². The SMILES string of the molecule is O=C(NC1CCc2ccccc2N1c1nnnn1Cc1ccccc1)c1ccccc1. The fraction of sp³-hybridized carbons (Fsp3) is 0.167. The lowest BCUT2D eigenvalue weighted by Gasteiger charge is -2.37. The second-order valence-electron chi connectivity index (χ2n) is 7.51. The second-order valence-corrected chi connectivity index (χ2v) is 7.51. The molecule has 0 radical (unpaired) electrons. The third-order valence-corrected chi connectivity index (χ3v) is 5.49. The molecule has 0 fully saturated rings. The summed E-state index contributed by atoms with van der Waals surface area (Å²) in [5.41, 5.74) is 3.95. The van der Waals surface area contributed by atoms with Crippen LogP contribution >= 0.6 is 0 Å². The van der Waals surface area contributed by atoms with Crippen LogP contribution in [0, 0.1) is 0 Å². The Morgan fingerprint density at radius 3 is 2.45 bits per heavy atom. The molecule has 0 saturated heterocycles. The second kappa shape index (κ2) is 8.39. The van der Waals surface area contributed by atoms with Gasteiger partial charge in [-0.1, -0.05) is 71.8 Å². The maximum absolute atomic E-state index is 12.9. The van der Waals surface area contributed by atoms with Crippen LogP contribution in [-0.4, -0.2) is 32.3 Å². The first-order chi connectivity index (χ1) is 15.3. The van der Waals surface area contributed by atoms with Crippen molar-refractivity contribution in [3.8, 4) is 0 Å². The molecule has 7 nitrogen and oxygen atoms in total. The highest BCUT2D eigenvalue weighted by Crippen LogP contribution is 2.35. The van der Waals surface area contributed by atoms with E-state index in [1.165, 1.54) is 5.56 Å². The number of para-hydroxylation sites is 1. The number of tetrazole rings is 1. The van der Waals surface area contributed by atoms with Crippen LogP contribution in [0.3, 0.4) is 0 Å². The normalized spacial score (nSPS) is 15.4. The molecular formula is C24H22N6O. The van der Waals surface area contributed by atoms with Gasteiger partial charge in [-0.3, -0.25) is 9.69 Å². The maximum atomic E-state index is 12.9. The highest BCUT2D eigenvalue weighted by atomic mass is 16.1. The summed E-state index contributed by atoms with van der Waals surface area (Å²) >= 11 is 0. The minimum Gasteiger partial charge on any atom is -0.331 e. The summed E-state index contributed by atoms with van der Waals surface area (Å²) in [4.78, 5) is 15.0. The summed E-state index contributed by atoms with van der Waals surface area (Å²) < 4.78 is 1.78. The number of aromatic nitrogens is 4. The topological polar surface area (TPSA) is 75.9 Å². The smallest absolute Gasteiger partial charge is 0.252 e. The van der Waals surface area contributed by atoms with Crippen molar-refractivity contribution in [3.63, 3.8) is 0 Å². The monoisotopic (exact) mass is 410 g/mol. The van der Waals surface area contributed by atoms with Gasteiger partial charge in [0.25, 0.3) is 11.9 Å². The number of amides is 1. The number of carbonyl (C=O) groups excluding carboxylic acids is 1. The number of nitrogens with one attached hydrogen (secondary N) is 1. The Labute approximate surface area is 180 Å². The van der Waals surface area contributed by atoms with Gasteiger partial charge in [0.1, 0.15) is 6.17 Å². The van der Waals surface area contributed by atoms with E-state index < -0.39 is 0 Å².